The van der Waals surface area contributed by atoms with Gasteiger partial charge in [0.2, 0.25) is 17.8 Å². The second-order valence-corrected chi connectivity index (χ2v) is 8.44. The van der Waals surface area contributed by atoms with Gasteiger partial charge in [-0.25, -0.2) is 0 Å². The molecule has 1 heterocycles. The van der Waals surface area contributed by atoms with E-state index in [1.54, 1.807) is 31.1 Å². The van der Waals surface area contributed by atoms with Gasteiger partial charge in [0.15, 0.2) is 0 Å². The molecule has 12 heteroatoms. The van der Waals surface area contributed by atoms with Crippen LogP contribution in [0, 0.1) is 5.92 Å². The fourth-order valence-electron chi connectivity index (χ4n) is 3.32. The Kier molecular flexibility index (Phi) is 9.10. The molecule has 37 heavy (non-hydrogen) atoms. The van der Waals surface area contributed by atoms with Gasteiger partial charge in [-0.05, 0) is 54.8 Å². The molecule has 0 spiro atoms. The topological polar surface area (TPSA) is 113 Å². The fraction of sp³-hybridized carbons (Fsp3) is 0.360. The number of carboxylic acids is 1. The number of anilines is 4. The number of hydrogen-bond acceptors (Lipinski definition) is 8. The van der Waals surface area contributed by atoms with Gasteiger partial charge in [0.25, 0.3) is 0 Å². The first-order valence-electron chi connectivity index (χ1n) is 11.6. The van der Waals surface area contributed by atoms with Crippen molar-refractivity contribution >= 4 is 29.5 Å². The lowest BCUT2D eigenvalue weighted by molar-refractivity contribution is -0.141. The van der Waals surface area contributed by atoms with Crippen LogP contribution in [-0.2, 0) is 17.4 Å². The number of nitrogens with zero attached hydrogens (tertiary/aromatic N) is 4. The molecule has 0 saturated carbocycles. The number of aliphatic carboxylic acids is 1. The molecule has 0 fully saturated rings. The summed E-state index contributed by atoms with van der Waals surface area (Å²) in [5, 5.41) is 15.2. The van der Waals surface area contributed by atoms with Crippen LogP contribution in [0.5, 0.6) is 5.75 Å². The van der Waals surface area contributed by atoms with Crippen LogP contribution in [0.2, 0.25) is 0 Å². The average Bonchev–Trinajstić information content (AvgIpc) is 2.85. The number of hydrogen-bond donors (Lipinski definition) is 3. The van der Waals surface area contributed by atoms with Crippen molar-refractivity contribution in [2.45, 2.75) is 25.9 Å². The molecule has 0 radical (unpaired) electrons. The van der Waals surface area contributed by atoms with E-state index in [1.165, 1.54) is 12.1 Å². The summed E-state index contributed by atoms with van der Waals surface area (Å²) in [6, 6.07) is 11.9. The summed E-state index contributed by atoms with van der Waals surface area (Å²) in [5.74, 6) is 0.221. The molecule has 3 rings (SSSR count). The summed E-state index contributed by atoms with van der Waals surface area (Å²) in [6.45, 7) is 2.52. The van der Waals surface area contributed by atoms with Gasteiger partial charge in [0.1, 0.15) is 12.4 Å². The number of halogens is 3. The largest absolute Gasteiger partial charge is 0.492 e. The number of carbonyl (C=O) groups is 1. The molecule has 2 aromatic carbocycles. The molecule has 9 nitrogen and oxygen atoms in total. The maximum absolute atomic E-state index is 12.8. The third kappa shape index (κ3) is 8.23. The van der Waals surface area contributed by atoms with Crippen molar-refractivity contribution in [3.8, 4) is 5.75 Å². The molecule has 3 N–H and O–H groups in total. The first kappa shape index (κ1) is 27.5. The molecular formula is C25H29F3N6O3. The van der Waals surface area contributed by atoms with Gasteiger partial charge < -0.3 is 25.4 Å². The number of alkyl halides is 3. The Hall–Kier alpha value is -4.09. The summed E-state index contributed by atoms with van der Waals surface area (Å²) >= 11 is 0. The molecular weight excluding hydrogens is 489 g/mol. The minimum Gasteiger partial charge on any atom is -0.492 e. The zero-order valence-corrected chi connectivity index (χ0v) is 20.7. The zero-order valence-electron chi connectivity index (χ0n) is 20.7. The minimum absolute atomic E-state index is 0.171. The Morgan fingerprint density at radius 1 is 1.03 bits per heavy atom. The van der Waals surface area contributed by atoms with Crippen molar-refractivity contribution in [2.24, 2.45) is 5.92 Å². The lowest BCUT2D eigenvalue weighted by Crippen LogP contribution is -2.18. The molecule has 0 bridgehead atoms. The first-order chi connectivity index (χ1) is 17.5. The van der Waals surface area contributed by atoms with E-state index in [0.717, 1.165) is 17.7 Å². The number of rotatable bonds is 12. The third-order valence-corrected chi connectivity index (χ3v) is 5.39. The highest BCUT2D eigenvalue weighted by atomic mass is 19.4. The lowest BCUT2D eigenvalue weighted by Gasteiger charge is -2.15. The summed E-state index contributed by atoms with van der Waals surface area (Å²) < 4.78 is 44.1. The first-order valence-corrected chi connectivity index (χ1v) is 11.6. The Bertz CT molecular complexity index is 1170. The van der Waals surface area contributed by atoms with Crippen molar-refractivity contribution in [3.63, 3.8) is 0 Å². The van der Waals surface area contributed by atoms with Crippen LogP contribution in [0.3, 0.4) is 0 Å². The van der Waals surface area contributed by atoms with Crippen LogP contribution < -0.4 is 20.3 Å². The average molecular weight is 519 g/mol. The van der Waals surface area contributed by atoms with Gasteiger partial charge >= 0.3 is 12.1 Å². The Labute approximate surface area is 212 Å². The third-order valence-electron chi connectivity index (χ3n) is 5.39. The summed E-state index contributed by atoms with van der Waals surface area (Å²) in [6.07, 6.45) is -3.39. The van der Waals surface area contributed by atoms with Gasteiger partial charge in [-0.1, -0.05) is 19.1 Å². The van der Waals surface area contributed by atoms with Crippen molar-refractivity contribution in [3.05, 3.63) is 59.7 Å². The van der Waals surface area contributed by atoms with Crippen molar-refractivity contribution in [1.82, 2.24) is 15.0 Å². The molecule has 1 aromatic heterocycles. The number of benzene rings is 2. The monoisotopic (exact) mass is 518 g/mol. The van der Waals surface area contributed by atoms with E-state index < -0.39 is 23.6 Å². The quantitative estimate of drug-likeness (QED) is 0.290. The van der Waals surface area contributed by atoms with E-state index in [4.69, 9.17) is 4.74 Å². The van der Waals surface area contributed by atoms with E-state index in [1.807, 2.05) is 19.1 Å². The van der Waals surface area contributed by atoms with E-state index in [2.05, 4.69) is 25.6 Å². The molecule has 0 aliphatic rings. The molecule has 1 unspecified atom stereocenters. The summed E-state index contributed by atoms with van der Waals surface area (Å²) in [5.41, 5.74) is 0.578. The smallest absolute Gasteiger partial charge is 0.416 e. The predicted molar refractivity (Wildman–Crippen MR) is 134 cm³/mol. The van der Waals surface area contributed by atoms with Crippen LogP contribution in [0.15, 0.2) is 48.5 Å². The Balaban J connectivity index is 1.57. The van der Waals surface area contributed by atoms with Crippen molar-refractivity contribution in [2.75, 3.05) is 42.8 Å². The molecule has 0 saturated heterocycles. The van der Waals surface area contributed by atoms with Gasteiger partial charge in [0.05, 0.1) is 18.0 Å². The Morgan fingerprint density at radius 3 is 2.24 bits per heavy atom. The highest BCUT2D eigenvalue weighted by molar-refractivity contribution is 5.70. The van der Waals surface area contributed by atoms with Gasteiger partial charge in [0, 0.05) is 19.8 Å². The van der Waals surface area contributed by atoms with Crippen molar-refractivity contribution < 1.29 is 27.8 Å². The van der Waals surface area contributed by atoms with E-state index in [9.17, 15) is 23.1 Å². The minimum atomic E-state index is -4.41. The summed E-state index contributed by atoms with van der Waals surface area (Å²) in [4.78, 5) is 25.8. The van der Waals surface area contributed by atoms with E-state index in [0.29, 0.717) is 43.4 Å². The number of carboxylic acid groups (broad SMARTS) is 1. The number of aromatic nitrogens is 3. The van der Waals surface area contributed by atoms with Gasteiger partial charge in [-0.15, -0.1) is 0 Å². The second kappa shape index (κ2) is 12.2. The standard InChI is InChI=1S/C25H29F3N6O3/c1-4-17(21(35)36)15-16-5-11-20(12-6-16)37-14-13-29-22-31-23(33-24(32-22)34(2)3)30-19-9-7-18(8-10-19)25(26,27)28/h5-12,17H,4,13-15H2,1-3H3,(H,35,36)(H2,29,30,31,32,33). The maximum Gasteiger partial charge on any atom is 0.416 e. The molecule has 1 atom stereocenters. The molecule has 3 aromatic rings. The second-order valence-electron chi connectivity index (χ2n) is 8.44. The van der Waals surface area contributed by atoms with Crippen LogP contribution in [0.1, 0.15) is 24.5 Å². The fourth-order valence-corrected chi connectivity index (χ4v) is 3.32. The SMILES string of the molecule is CCC(Cc1ccc(OCCNc2nc(Nc3ccc(C(F)(F)F)cc3)nc(N(C)C)n2)cc1)C(=O)O. The van der Waals surface area contributed by atoms with Crippen LogP contribution >= 0.6 is 0 Å². The molecule has 198 valence electrons. The van der Waals surface area contributed by atoms with Crippen molar-refractivity contribution in [1.29, 1.82) is 0 Å². The maximum atomic E-state index is 12.8. The lowest BCUT2D eigenvalue weighted by atomic mass is 9.97. The normalized spacial score (nSPS) is 12.1. The van der Waals surface area contributed by atoms with E-state index >= 15 is 0 Å². The predicted octanol–water partition coefficient (Wildman–Crippen LogP) is 4.84. The van der Waals surface area contributed by atoms with Crippen LogP contribution in [0.25, 0.3) is 0 Å². The van der Waals surface area contributed by atoms with E-state index in [-0.39, 0.29) is 11.9 Å². The summed E-state index contributed by atoms with van der Waals surface area (Å²) in [7, 11) is 3.51. The number of ether oxygens (including phenoxy) is 1. The molecule has 0 aliphatic heterocycles. The van der Waals surface area contributed by atoms with Gasteiger partial charge in [-0.3, -0.25) is 4.79 Å². The van der Waals surface area contributed by atoms with Crippen LogP contribution in [0.4, 0.5) is 36.7 Å². The Morgan fingerprint density at radius 2 is 1.68 bits per heavy atom. The number of nitrogens with one attached hydrogen (secondary N) is 2. The van der Waals surface area contributed by atoms with Crippen LogP contribution in [-0.4, -0.2) is 53.3 Å². The molecule has 0 amide bonds. The van der Waals surface area contributed by atoms with Gasteiger partial charge in [-0.2, -0.15) is 28.1 Å². The molecule has 0 aliphatic carbocycles. The highest BCUT2D eigenvalue weighted by Crippen LogP contribution is 2.30. The highest BCUT2D eigenvalue weighted by Gasteiger charge is 2.30. The zero-order chi connectivity index (χ0) is 27.0.